The van der Waals surface area contributed by atoms with Crippen LogP contribution in [-0.4, -0.2) is 0 Å². The van der Waals surface area contributed by atoms with E-state index in [-0.39, 0.29) is 0 Å². The van der Waals surface area contributed by atoms with Gasteiger partial charge < -0.3 is 5.73 Å². The summed E-state index contributed by atoms with van der Waals surface area (Å²) in [5, 5.41) is 0. The van der Waals surface area contributed by atoms with Gasteiger partial charge in [-0.15, -0.1) is 12.6 Å². The van der Waals surface area contributed by atoms with E-state index in [4.69, 9.17) is 18.4 Å². The van der Waals surface area contributed by atoms with Gasteiger partial charge in [0.2, 0.25) is 0 Å². The first-order valence-corrected chi connectivity index (χ1v) is 8.67. The quantitative estimate of drug-likeness (QED) is 0.672. The van der Waals surface area contributed by atoms with Gasteiger partial charge in [-0.3, -0.25) is 0 Å². The molecule has 0 bridgehead atoms. The highest BCUT2D eigenvalue weighted by Crippen LogP contribution is 2.42. The lowest BCUT2D eigenvalue weighted by atomic mass is 9.81. The third kappa shape index (κ3) is 3.03. The van der Waals surface area contributed by atoms with Crippen LogP contribution in [0.3, 0.4) is 0 Å². The van der Waals surface area contributed by atoms with E-state index in [9.17, 15) is 0 Å². The van der Waals surface area contributed by atoms with E-state index in [1.165, 1.54) is 22.3 Å². The molecule has 0 saturated carbocycles. The molecule has 0 aromatic rings. The lowest BCUT2D eigenvalue weighted by Crippen LogP contribution is -2.15. The third-order valence-electron chi connectivity index (χ3n) is 4.75. The van der Waals surface area contributed by atoms with Gasteiger partial charge in [-0.1, -0.05) is 50.3 Å². The predicted molar refractivity (Wildman–Crippen MR) is 98.5 cm³/mol. The first kappa shape index (κ1) is 15.5. The Kier molecular flexibility index (Phi) is 4.49. The molecule has 1 nitrogen and oxygen atoms in total. The molecule has 0 aliphatic heterocycles. The molecule has 0 heterocycles. The molecule has 3 aliphatic rings. The molecule has 2 atom stereocenters. The zero-order valence-electron chi connectivity index (χ0n) is 13.5. The standard InChI is InChI=1S/C20H25NS/c1-13-5-3-7-15(11-13)17-9-10-18(21)19(20(17)22)16-8-4-6-14(2)12-16/h3-8,13-14,22H,9-12,21H2,1-2H3. The molecule has 22 heavy (non-hydrogen) atoms. The van der Waals surface area contributed by atoms with E-state index < -0.39 is 0 Å². The maximum absolute atomic E-state index is 6.36. The van der Waals surface area contributed by atoms with Gasteiger partial charge in [0.1, 0.15) is 0 Å². The van der Waals surface area contributed by atoms with E-state index >= 15 is 0 Å². The normalized spacial score (nSPS) is 28.9. The number of nitrogens with two attached hydrogens (primary N) is 1. The minimum atomic E-state index is 0.573. The second-order valence-corrected chi connectivity index (χ2v) is 7.19. The van der Waals surface area contributed by atoms with Crippen LogP contribution in [-0.2, 0) is 0 Å². The molecule has 2 N–H and O–H groups in total. The summed E-state index contributed by atoms with van der Waals surface area (Å²) >= 11 is 4.90. The second kappa shape index (κ2) is 6.37. The molecule has 0 radical (unpaired) electrons. The monoisotopic (exact) mass is 311 g/mol. The average Bonchev–Trinajstić information content (AvgIpc) is 2.47. The highest BCUT2D eigenvalue weighted by molar-refractivity contribution is 7.84. The Balaban J connectivity index is 1.99. The van der Waals surface area contributed by atoms with E-state index in [0.717, 1.165) is 36.3 Å². The SMILES string of the molecule is CC1C=CC=C(C2=C(S)C(C3=CC=CC(C)C3)=C(N)CC2)C1. The van der Waals surface area contributed by atoms with Crippen molar-refractivity contribution in [3.8, 4) is 0 Å². The molecule has 3 aliphatic carbocycles. The molecule has 0 spiro atoms. The fourth-order valence-electron chi connectivity index (χ4n) is 3.57. The molecule has 2 unspecified atom stereocenters. The maximum Gasteiger partial charge on any atom is 0.0171 e. The van der Waals surface area contributed by atoms with Gasteiger partial charge in [0.05, 0.1) is 0 Å². The zero-order valence-corrected chi connectivity index (χ0v) is 14.4. The Morgan fingerprint density at radius 2 is 1.55 bits per heavy atom. The molecule has 3 rings (SSSR count). The van der Waals surface area contributed by atoms with Crippen molar-refractivity contribution >= 4 is 12.6 Å². The van der Waals surface area contributed by atoms with Gasteiger partial charge in [-0.25, -0.2) is 0 Å². The summed E-state index contributed by atoms with van der Waals surface area (Å²) in [6, 6.07) is 0. The maximum atomic E-state index is 6.36. The third-order valence-corrected chi connectivity index (χ3v) is 5.25. The van der Waals surface area contributed by atoms with Crippen molar-refractivity contribution < 1.29 is 0 Å². The average molecular weight is 311 g/mol. The van der Waals surface area contributed by atoms with Crippen LogP contribution in [0.4, 0.5) is 0 Å². The van der Waals surface area contributed by atoms with Gasteiger partial charge in [-0.05, 0) is 54.2 Å². The topological polar surface area (TPSA) is 26.0 Å². The second-order valence-electron chi connectivity index (χ2n) is 6.74. The van der Waals surface area contributed by atoms with Crippen LogP contribution in [0.1, 0.15) is 39.5 Å². The van der Waals surface area contributed by atoms with Crippen LogP contribution < -0.4 is 5.73 Å². The molecule has 0 fully saturated rings. The smallest absolute Gasteiger partial charge is 0.0171 e. The number of thiol groups is 1. The van der Waals surface area contributed by atoms with Crippen LogP contribution in [0.15, 0.2) is 69.4 Å². The van der Waals surface area contributed by atoms with Crippen molar-refractivity contribution in [2.75, 3.05) is 0 Å². The number of hydrogen-bond acceptors (Lipinski definition) is 2. The Morgan fingerprint density at radius 1 is 0.955 bits per heavy atom. The first-order chi connectivity index (χ1) is 10.6. The van der Waals surface area contributed by atoms with Gasteiger partial charge >= 0.3 is 0 Å². The molecule has 0 aromatic heterocycles. The summed E-state index contributed by atoms with van der Waals surface area (Å²) in [5.74, 6) is 1.18. The van der Waals surface area contributed by atoms with Gasteiger partial charge in [0.15, 0.2) is 0 Å². The van der Waals surface area contributed by atoms with Crippen LogP contribution in [0, 0.1) is 11.8 Å². The fraction of sp³-hybridized carbons (Fsp3) is 0.400. The number of allylic oxidation sites excluding steroid dienone is 11. The number of hydrogen-bond donors (Lipinski definition) is 2. The minimum absolute atomic E-state index is 0.573. The lowest BCUT2D eigenvalue weighted by Gasteiger charge is -2.28. The minimum Gasteiger partial charge on any atom is -0.402 e. The predicted octanol–water partition coefficient (Wildman–Crippen LogP) is 5.22. The molecule has 0 amide bonds. The highest BCUT2D eigenvalue weighted by Gasteiger charge is 2.24. The Morgan fingerprint density at radius 3 is 2.18 bits per heavy atom. The fourth-order valence-corrected chi connectivity index (χ4v) is 4.12. The largest absolute Gasteiger partial charge is 0.402 e. The summed E-state index contributed by atoms with van der Waals surface area (Å²) in [6.07, 6.45) is 17.4. The zero-order chi connectivity index (χ0) is 15.7. The summed E-state index contributed by atoms with van der Waals surface area (Å²) in [7, 11) is 0. The Bertz CT molecular complexity index is 655. The summed E-state index contributed by atoms with van der Waals surface area (Å²) in [5.41, 5.74) is 12.7. The van der Waals surface area contributed by atoms with E-state index in [2.05, 4.69) is 50.3 Å². The molecule has 116 valence electrons. The van der Waals surface area contributed by atoms with Crippen molar-refractivity contribution in [3.05, 3.63) is 69.4 Å². The lowest BCUT2D eigenvalue weighted by molar-refractivity contribution is 0.694. The molecule has 0 aromatic carbocycles. The van der Waals surface area contributed by atoms with Crippen LogP contribution in [0.5, 0.6) is 0 Å². The van der Waals surface area contributed by atoms with Crippen molar-refractivity contribution in [1.29, 1.82) is 0 Å². The van der Waals surface area contributed by atoms with Gasteiger partial charge in [0.25, 0.3) is 0 Å². The first-order valence-electron chi connectivity index (χ1n) is 8.23. The summed E-state index contributed by atoms with van der Waals surface area (Å²) < 4.78 is 0. The van der Waals surface area contributed by atoms with Crippen LogP contribution in [0.2, 0.25) is 0 Å². The summed E-state index contributed by atoms with van der Waals surface area (Å²) in [6.45, 7) is 4.52. The molecule has 2 heteroatoms. The molecule has 0 saturated heterocycles. The van der Waals surface area contributed by atoms with Crippen molar-refractivity contribution in [3.63, 3.8) is 0 Å². The number of rotatable bonds is 2. The van der Waals surface area contributed by atoms with Crippen molar-refractivity contribution in [2.24, 2.45) is 17.6 Å². The summed E-state index contributed by atoms with van der Waals surface area (Å²) in [4.78, 5) is 1.10. The van der Waals surface area contributed by atoms with Crippen LogP contribution in [0.25, 0.3) is 0 Å². The van der Waals surface area contributed by atoms with Gasteiger partial charge in [0, 0.05) is 16.2 Å². The molecular formula is C20H25NS. The molecular weight excluding hydrogens is 286 g/mol. The van der Waals surface area contributed by atoms with Crippen LogP contribution >= 0.6 is 12.6 Å². The van der Waals surface area contributed by atoms with E-state index in [0.29, 0.717) is 11.8 Å². The highest BCUT2D eigenvalue weighted by atomic mass is 32.1. The van der Waals surface area contributed by atoms with Gasteiger partial charge in [-0.2, -0.15) is 0 Å². The van der Waals surface area contributed by atoms with Crippen molar-refractivity contribution in [1.82, 2.24) is 0 Å². The van der Waals surface area contributed by atoms with E-state index in [1.807, 2.05) is 0 Å². The Labute approximate surface area is 139 Å². The Hall–Kier alpha value is -1.41. The van der Waals surface area contributed by atoms with E-state index in [1.54, 1.807) is 0 Å². The van der Waals surface area contributed by atoms with Crippen molar-refractivity contribution in [2.45, 2.75) is 39.5 Å².